The summed E-state index contributed by atoms with van der Waals surface area (Å²) in [6.45, 7) is 9.83. The second-order valence-corrected chi connectivity index (χ2v) is 10.6. The third-order valence-electron chi connectivity index (χ3n) is 7.86. The van der Waals surface area contributed by atoms with E-state index in [9.17, 15) is 4.79 Å². The minimum Gasteiger partial charge on any atom is -0.454 e. The molecule has 200 valence electrons. The van der Waals surface area contributed by atoms with Gasteiger partial charge in [-0.15, -0.1) is 0 Å². The molecule has 38 heavy (non-hydrogen) atoms. The number of morpholine rings is 1. The van der Waals surface area contributed by atoms with Crippen molar-refractivity contribution in [2.24, 2.45) is 0 Å². The molecule has 2 aromatic carbocycles. The number of nitrogens with zero attached hydrogens (tertiary/aromatic N) is 3. The number of aryl methyl sites for hydroxylation is 1. The van der Waals surface area contributed by atoms with Gasteiger partial charge in [-0.2, -0.15) is 0 Å². The molecule has 0 unspecified atom stereocenters. The molecule has 1 amide bonds. The number of nitrogens with one attached hydrogen (secondary N) is 1. The molecule has 1 aromatic heterocycles. The number of ether oxygens (including phenoxy) is 3. The van der Waals surface area contributed by atoms with Gasteiger partial charge in [0.1, 0.15) is 0 Å². The summed E-state index contributed by atoms with van der Waals surface area (Å²) in [4.78, 5) is 18.2. The molecule has 0 spiro atoms. The van der Waals surface area contributed by atoms with E-state index < -0.39 is 0 Å². The summed E-state index contributed by atoms with van der Waals surface area (Å²) < 4.78 is 18.5. The van der Waals surface area contributed by atoms with Crippen molar-refractivity contribution in [2.45, 2.75) is 32.7 Å². The standard InChI is InChI=1S/C29H33ClN4O4/c1-19-15-24(20(2)34(19)23-4-6-27-28(17-23)38-18-37-27)29(35)31-21-3-5-26(25(30)16-21)33-9-7-22(8-10-33)32-11-13-36-14-12-32/h3-6,15-17,22H,7-14,18H2,1-2H3,(H,31,35). The van der Waals surface area contributed by atoms with Crippen molar-refractivity contribution in [3.8, 4) is 17.2 Å². The largest absolute Gasteiger partial charge is 0.454 e. The molecule has 1 N–H and O–H groups in total. The van der Waals surface area contributed by atoms with Gasteiger partial charge in [-0.25, -0.2) is 0 Å². The van der Waals surface area contributed by atoms with Gasteiger partial charge >= 0.3 is 0 Å². The van der Waals surface area contributed by atoms with Gasteiger partial charge < -0.3 is 29.0 Å². The minimum absolute atomic E-state index is 0.166. The molecule has 0 saturated carbocycles. The van der Waals surface area contributed by atoms with Crippen LogP contribution in [0.2, 0.25) is 5.02 Å². The van der Waals surface area contributed by atoms with Gasteiger partial charge in [0.15, 0.2) is 11.5 Å². The minimum atomic E-state index is -0.166. The maximum Gasteiger partial charge on any atom is 0.257 e. The molecule has 0 atom stereocenters. The number of hydrogen-bond acceptors (Lipinski definition) is 6. The highest BCUT2D eigenvalue weighted by Crippen LogP contribution is 2.35. The fourth-order valence-corrected chi connectivity index (χ4v) is 6.17. The second-order valence-electron chi connectivity index (χ2n) is 10.1. The molecule has 0 aliphatic carbocycles. The first-order chi connectivity index (χ1) is 18.5. The average molecular weight is 537 g/mol. The lowest BCUT2D eigenvalue weighted by Gasteiger charge is -2.41. The molecule has 9 heteroatoms. The van der Waals surface area contributed by atoms with Gasteiger partial charge in [0.2, 0.25) is 6.79 Å². The molecular formula is C29H33ClN4O4. The van der Waals surface area contributed by atoms with E-state index in [4.69, 9.17) is 25.8 Å². The molecule has 0 radical (unpaired) electrons. The number of carbonyl (C=O) groups is 1. The average Bonchev–Trinajstić information content (AvgIpc) is 3.52. The highest BCUT2D eigenvalue weighted by atomic mass is 35.5. The van der Waals surface area contributed by atoms with Crippen molar-refractivity contribution < 1.29 is 19.0 Å². The predicted molar refractivity (Wildman–Crippen MR) is 148 cm³/mol. The van der Waals surface area contributed by atoms with Crippen LogP contribution >= 0.6 is 11.6 Å². The van der Waals surface area contributed by atoms with E-state index in [-0.39, 0.29) is 12.7 Å². The van der Waals surface area contributed by atoms with Gasteiger partial charge in [-0.3, -0.25) is 9.69 Å². The zero-order valence-corrected chi connectivity index (χ0v) is 22.6. The number of aromatic nitrogens is 1. The third-order valence-corrected chi connectivity index (χ3v) is 8.17. The Kier molecular flexibility index (Phi) is 6.95. The molecule has 0 bridgehead atoms. The fraction of sp³-hybridized carbons (Fsp3) is 0.414. The van der Waals surface area contributed by atoms with E-state index in [0.29, 0.717) is 28.1 Å². The van der Waals surface area contributed by atoms with E-state index in [1.165, 1.54) is 0 Å². The highest BCUT2D eigenvalue weighted by molar-refractivity contribution is 6.33. The number of hydrogen-bond donors (Lipinski definition) is 1. The van der Waals surface area contributed by atoms with E-state index >= 15 is 0 Å². The molecular weight excluding hydrogens is 504 g/mol. The molecule has 2 saturated heterocycles. The summed E-state index contributed by atoms with van der Waals surface area (Å²) in [5.74, 6) is 1.28. The summed E-state index contributed by atoms with van der Waals surface area (Å²) in [5.41, 5.74) is 5.05. The Morgan fingerprint density at radius 2 is 1.71 bits per heavy atom. The van der Waals surface area contributed by atoms with Crippen molar-refractivity contribution in [3.63, 3.8) is 0 Å². The Hall–Kier alpha value is -3.20. The van der Waals surface area contributed by atoms with Crippen LogP contribution in [0.4, 0.5) is 11.4 Å². The maximum atomic E-state index is 13.3. The lowest BCUT2D eigenvalue weighted by atomic mass is 10.0. The summed E-state index contributed by atoms with van der Waals surface area (Å²) in [7, 11) is 0. The smallest absolute Gasteiger partial charge is 0.257 e. The maximum absolute atomic E-state index is 13.3. The second kappa shape index (κ2) is 10.5. The number of anilines is 2. The number of halogens is 1. The van der Waals surface area contributed by atoms with Crippen molar-refractivity contribution in [2.75, 3.05) is 56.4 Å². The first kappa shape index (κ1) is 25.1. The number of amides is 1. The van der Waals surface area contributed by atoms with Crippen LogP contribution in [-0.4, -0.2) is 67.6 Å². The number of piperidine rings is 1. The van der Waals surface area contributed by atoms with Crippen LogP contribution < -0.4 is 19.7 Å². The molecule has 3 aromatic rings. The van der Waals surface area contributed by atoms with Crippen LogP contribution in [0, 0.1) is 13.8 Å². The highest BCUT2D eigenvalue weighted by Gasteiger charge is 2.27. The molecule has 6 rings (SSSR count). The molecule has 4 heterocycles. The molecule has 3 aliphatic heterocycles. The summed E-state index contributed by atoms with van der Waals surface area (Å²) in [6, 6.07) is 14.1. The van der Waals surface area contributed by atoms with Crippen LogP contribution in [0.3, 0.4) is 0 Å². The Morgan fingerprint density at radius 1 is 0.947 bits per heavy atom. The first-order valence-electron chi connectivity index (χ1n) is 13.2. The number of fused-ring (bicyclic) bond motifs is 1. The number of rotatable bonds is 5. The van der Waals surface area contributed by atoms with E-state index in [1.807, 2.05) is 60.9 Å². The van der Waals surface area contributed by atoms with Gasteiger partial charge in [-0.1, -0.05) is 11.6 Å². The predicted octanol–water partition coefficient (Wildman–Crippen LogP) is 5.03. The number of benzene rings is 2. The summed E-state index contributed by atoms with van der Waals surface area (Å²) in [5, 5.41) is 3.69. The quantitative estimate of drug-likeness (QED) is 0.493. The SMILES string of the molecule is Cc1cc(C(=O)Nc2ccc(N3CCC(N4CCOCC4)CC3)c(Cl)c2)c(C)n1-c1ccc2c(c1)OCO2. The monoisotopic (exact) mass is 536 g/mol. The Bertz CT molecular complexity index is 1340. The fourth-order valence-electron chi connectivity index (χ4n) is 5.87. The van der Waals surface area contributed by atoms with Gasteiger partial charge in [0.25, 0.3) is 5.91 Å². The number of carbonyl (C=O) groups excluding carboxylic acids is 1. The van der Waals surface area contributed by atoms with Crippen LogP contribution in [0.25, 0.3) is 5.69 Å². The molecule has 2 fully saturated rings. The van der Waals surface area contributed by atoms with Crippen LogP contribution in [-0.2, 0) is 4.74 Å². The Labute approximate surface area is 228 Å². The summed E-state index contributed by atoms with van der Waals surface area (Å²) >= 11 is 6.72. The van der Waals surface area contributed by atoms with Crippen molar-refractivity contribution in [3.05, 3.63) is 64.4 Å². The molecule has 3 aliphatic rings. The van der Waals surface area contributed by atoms with Crippen LogP contribution in [0.1, 0.15) is 34.6 Å². The zero-order valence-electron chi connectivity index (χ0n) is 21.8. The lowest BCUT2D eigenvalue weighted by Crippen LogP contribution is -2.49. The van der Waals surface area contributed by atoms with Crippen molar-refractivity contribution in [1.29, 1.82) is 0 Å². The zero-order chi connectivity index (χ0) is 26.2. The third kappa shape index (κ3) is 4.84. The van der Waals surface area contributed by atoms with Gasteiger partial charge in [-0.05, 0) is 63.1 Å². The van der Waals surface area contributed by atoms with Gasteiger partial charge in [0.05, 0.1) is 29.5 Å². The Balaban J connectivity index is 1.13. The topological polar surface area (TPSA) is 68.2 Å². The van der Waals surface area contributed by atoms with Crippen LogP contribution in [0.5, 0.6) is 11.5 Å². The first-order valence-corrected chi connectivity index (χ1v) is 13.6. The Morgan fingerprint density at radius 3 is 2.47 bits per heavy atom. The van der Waals surface area contributed by atoms with Crippen molar-refractivity contribution >= 4 is 28.9 Å². The van der Waals surface area contributed by atoms with Crippen molar-refractivity contribution in [1.82, 2.24) is 9.47 Å². The van der Waals surface area contributed by atoms with E-state index in [2.05, 4.69) is 15.1 Å². The molecule has 8 nitrogen and oxygen atoms in total. The normalized spacial score (nSPS) is 18.1. The van der Waals surface area contributed by atoms with E-state index in [1.54, 1.807) is 0 Å². The van der Waals surface area contributed by atoms with Gasteiger partial charge in [0, 0.05) is 61.0 Å². The lowest BCUT2D eigenvalue weighted by molar-refractivity contribution is 0.0115. The van der Waals surface area contributed by atoms with E-state index in [0.717, 1.165) is 80.7 Å². The summed E-state index contributed by atoms with van der Waals surface area (Å²) in [6.07, 6.45) is 2.24. The van der Waals surface area contributed by atoms with Crippen LogP contribution in [0.15, 0.2) is 42.5 Å².